The quantitative estimate of drug-likeness (QED) is 0.786. The van der Waals surface area contributed by atoms with Crippen LogP contribution in [0.3, 0.4) is 0 Å². The zero-order chi connectivity index (χ0) is 12.4. The first-order chi connectivity index (χ1) is 8.83. The molecule has 3 rings (SSSR count). The molecular formula is C13H10ClN3S. The maximum Gasteiger partial charge on any atom is 0.112 e. The molecule has 0 radical (unpaired) electrons. The van der Waals surface area contributed by atoms with E-state index in [1.165, 1.54) is 0 Å². The Kier molecular flexibility index (Phi) is 3.13. The summed E-state index contributed by atoms with van der Waals surface area (Å²) in [7, 11) is 0. The molecule has 3 nitrogen and oxygen atoms in total. The van der Waals surface area contributed by atoms with Gasteiger partial charge in [0, 0.05) is 28.2 Å². The first-order valence-corrected chi connectivity index (χ1v) is 6.75. The lowest BCUT2D eigenvalue weighted by Crippen LogP contribution is -2.00. The molecule has 0 saturated carbocycles. The van der Waals surface area contributed by atoms with Crippen molar-refractivity contribution < 1.29 is 0 Å². The number of fused-ring (bicyclic) bond motifs is 1. The Balaban J connectivity index is 1.95. The van der Waals surface area contributed by atoms with Gasteiger partial charge in [0.05, 0.1) is 17.7 Å². The highest BCUT2D eigenvalue weighted by Crippen LogP contribution is 2.26. The number of thiazole rings is 1. The minimum atomic E-state index is 0.684. The first-order valence-electron chi connectivity index (χ1n) is 5.49. The first kappa shape index (κ1) is 11.4. The van der Waals surface area contributed by atoms with Crippen LogP contribution in [-0.4, -0.2) is 9.97 Å². The Morgan fingerprint density at radius 3 is 3.00 bits per heavy atom. The SMILES string of the molecule is Clc1cc(NCc2nccs2)c2ncccc2c1. The summed E-state index contributed by atoms with van der Waals surface area (Å²) in [6, 6.07) is 7.72. The highest BCUT2D eigenvalue weighted by molar-refractivity contribution is 7.09. The highest BCUT2D eigenvalue weighted by atomic mass is 35.5. The van der Waals surface area contributed by atoms with Gasteiger partial charge >= 0.3 is 0 Å². The van der Waals surface area contributed by atoms with E-state index in [1.54, 1.807) is 23.7 Å². The minimum Gasteiger partial charge on any atom is -0.377 e. The molecule has 0 spiro atoms. The van der Waals surface area contributed by atoms with E-state index < -0.39 is 0 Å². The van der Waals surface area contributed by atoms with Crippen LogP contribution in [0.1, 0.15) is 5.01 Å². The molecule has 0 aliphatic carbocycles. The second-order valence-corrected chi connectivity index (χ2v) is 5.22. The van der Waals surface area contributed by atoms with Crippen molar-refractivity contribution >= 4 is 39.5 Å². The summed E-state index contributed by atoms with van der Waals surface area (Å²) in [5.41, 5.74) is 1.87. The maximum absolute atomic E-state index is 6.10. The fourth-order valence-corrected chi connectivity index (χ4v) is 2.58. The molecule has 90 valence electrons. The highest BCUT2D eigenvalue weighted by Gasteiger charge is 2.04. The summed E-state index contributed by atoms with van der Waals surface area (Å²) in [6.07, 6.45) is 3.58. The Bertz CT molecular complexity index is 667. The van der Waals surface area contributed by atoms with Crippen LogP contribution in [0.2, 0.25) is 5.02 Å². The van der Waals surface area contributed by atoms with Crippen molar-refractivity contribution in [1.82, 2.24) is 9.97 Å². The molecule has 3 aromatic rings. The van der Waals surface area contributed by atoms with Crippen LogP contribution in [0.25, 0.3) is 10.9 Å². The summed E-state index contributed by atoms with van der Waals surface area (Å²) in [5.74, 6) is 0. The van der Waals surface area contributed by atoms with E-state index in [0.29, 0.717) is 11.6 Å². The standard InChI is InChI=1S/C13H10ClN3S/c14-10-6-9-2-1-3-16-13(9)11(7-10)17-8-12-15-4-5-18-12/h1-7,17H,8H2. The van der Waals surface area contributed by atoms with Crippen LogP contribution in [0.4, 0.5) is 5.69 Å². The smallest absolute Gasteiger partial charge is 0.112 e. The molecule has 1 N–H and O–H groups in total. The van der Waals surface area contributed by atoms with Crippen LogP contribution in [0.15, 0.2) is 42.0 Å². The molecule has 0 fully saturated rings. The summed E-state index contributed by atoms with van der Waals surface area (Å²) in [6.45, 7) is 0.684. The number of benzene rings is 1. The third kappa shape index (κ3) is 2.30. The molecule has 18 heavy (non-hydrogen) atoms. The zero-order valence-corrected chi connectivity index (χ0v) is 11.0. The molecule has 1 aromatic carbocycles. The van der Waals surface area contributed by atoms with Gasteiger partial charge in [0.1, 0.15) is 5.01 Å². The average molecular weight is 276 g/mol. The number of anilines is 1. The molecule has 0 saturated heterocycles. The molecule has 2 aromatic heterocycles. The van der Waals surface area contributed by atoms with Gasteiger partial charge in [-0.3, -0.25) is 4.98 Å². The number of hydrogen-bond donors (Lipinski definition) is 1. The third-order valence-corrected chi connectivity index (χ3v) is 3.58. The number of rotatable bonds is 3. The van der Waals surface area contributed by atoms with Crippen molar-refractivity contribution in [2.45, 2.75) is 6.54 Å². The maximum atomic E-state index is 6.10. The van der Waals surface area contributed by atoms with Crippen molar-refractivity contribution in [3.05, 3.63) is 52.1 Å². The molecule has 0 aliphatic heterocycles. The van der Waals surface area contributed by atoms with Gasteiger partial charge < -0.3 is 5.32 Å². The lowest BCUT2D eigenvalue weighted by atomic mass is 10.2. The van der Waals surface area contributed by atoms with Gasteiger partial charge in [0.25, 0.3) is 0 Å². The largest absolute Gasteiger partial charge is 0.377 e. The van der Waals surface area contributed by atoms with Crippen LogP contribution >= 0.6 is 22.9 Å². The van der Waals surface area contributed by atoms with Gasteiger partial charge in [-0.2, -0.15) is 0 Å². The number of pyridine rings is 1. The zero-order valence-electron chi connectivity index (χ0n) is 9.43. The number of halogens is 1. The molecule has 0 aliphatic rings. The molecule has 0 bridgehead atoms. The molecule has 2 heterocycles. The van der Waals surface area contributed by atoms with E-state index in [2.05, 4.69) is 15.3 Å². The third-order valence-electron chi connectivity index (χ3n) is 2.58. The van der Waals surface area contributed by atoms with Crippen LogP contribution < -0.4 is 5.32 Å². The summed E-state index contributed by atoms with van der Waals surface area (Å²) < 4.78 is 0. The fourth-order valence-electron chi connectivity index (χ4n) is 1.80. The monoisotopic (exact) mass is 275 g/mol. The van der Waals surface area contributed by atoms with Crippen LogP contribution in [0, 0.1) is 0 Å². The normalized spacial score (nSPS) is 10.7. The summed E-state index contributed by atoms with van der Waals surface area (Å²) in [5, 5.41) is 8.08. The lowest BCUT2D eigenvalue weighted by Gasteiger charge is -2.08. The topological polar surface area (TPSA) is 37.8 Å². The molecular weight excluding hydrogens is 266 g/mol. The van der Waals surface area contributed by atoms with E-state index >= 15 is 0 Å². The number of nitrogens with zero attached hydrogens (tertiary/aromatic N) is 2. The van der Waals surface area contributed by atoms with Crippen molar-refractivity contribution in [2.75, 3.05) is 5.32 Å². The fraction of sp³-hybridized carbons (Fsp3) is 0.0769. The van der Waals surface area contributed by atoms with Crippen molar-refractivity contribution in [1.29, 1.82) is 0 Å². The van der Waals surface area contributed by atoms with E-state index in [1.807, 2.05) is 29.6 Å². The van der Waals surface area contributed by atoms with Gasteiger partial charge in [-0.05, 0) is 18.2 Å². The number of nitrogens with one attached hydrogen (secondary N) is 1. The van der Waals surface area contributed by atoms with Gasteiger partial charge in [-0.15, -0.1) is 11.3 Å². The Hall–Kier alpha value is -1.65. The lowest BCUT2D eigenvalue weighted by molar-refractivity contribution is 1.10. The van der Waals surface area contributed by atoms with Crippen molar-refractivity contribution in [3.63, 3.8) is 0 Å². The Morgan fingerprint density at radius 1 is 1.22 bits per heavy atom. The molecule has 0 unspecified atom stereocenters. The van der Waals surface area contributed by atoms with Crippen molar-refractivity contribution in [3.8, 4) is 0 Å². The van der Waals surface area contributed by atoms with Crippen LogP contribution in [0.5, 0.6) is 0 Å². The van der Waals surface area contributed by atoms with Gasteiger partial charge in [-0.1, -0.05) is 17.7 Å². The minimum absolute atomic E-state index is 0.684. The van der Waals surface area contributed by atoms with Gasteiger partial charge in [0.15, 0.2) is 0 Å². The second kappa shape index (κ2) is 4.92. The molecule has 0 amide bonds. The van der Waals surface area contributed by atoms with E-state index in [0.717, 1.165) is 21.6 Å². The molecule has 5 heteroatoms. The summed E-state index contributed by atoms with van der Waals surface area (Å²) >= 11 is 7.73. The predicted octanol–water partition coefficient (Wildman–Crippen LogP) is 3.96. The number of aromatic nitrogens is 2. The second-order valence-electron chi connectivity index (χ2n) is 3.81. The van der Waals surface area contributed by atoms with Crippen LogP contribution in [-0.2, 0) is 6.54 Å². The number of hydrogen-bond acceptors (Lipinski definition) is 4. The predicted molar refractivity (Wildman–Crippen MR) is 76.2 cm³/mol. The van der Waals surface area contributed by atoms with E-state index in [9.17, 15) is 0 Å². The Morgan fingerprint density at radius 2 is 2.17 bits per heavy atom. The van der Waals surface area contributed by atoms with Gasteiger partial charge in [-0.25, -0.2) is 4.98 Å². The van der Waals surface area contributed by atoms with Crippen molar-refractivity contribution in [2.24, 2.45) is 0 Å². The summed E-state index contributed by atoms with van der Waals surface area (Å²) in [4.78, 5) is 8.62. The Labute approximate surface area is 113 Å². The average Bonchev–Trinajstić information content (AvgIpc) is 2.89. The molecule has 0 atom stereocenters. The van der Waals surface area contributed by atoms with Gasteiger partial charge in [0.2, 0.25) is 0 Å². The van der Waals surface area contributed by atoms with E-state index in [-0.39, 0.29) is 0 Å². The van der Waals surface area contributed by atoms with E-state index in [4.69, 9.17) is 11.6 Å².